The molecule has 0 fully saturated rings. The Kier molecular flexibility index (Phi) is 30.9. The van der Waals surface area contributed by atoms with E-state index in [0.29, 0.717) is 32.7 Å². The van der Waals surface area contributed by atoms with E-state index in [1.165, 1.54) is 12.8 Å². The van der Waals surface area contributed by atoms with E-state index in [1.807, 2.05) is 0 Å². The fourth-order valence-corrected chi connectivity index (χ4v) is 4.46. The summed E-state index contributed by atoms with van der Waals surface area (Å²) in [6.07, 6.45) is 11.2. The molecule has 0 aliphatic carbocycles. The first kappa shape index (κ1) is 45.7. The molecule has 0 aliphatic heterocycles. The molecule has 0 aromatic rings. The van der Waals surface area contributed by atoms with E-state index in [1.54, 1.807) is 6.92 Å². The minimum Gasteiger partial charge on any atom is -0.481 e. The van der Waals surface area contributed by atoms with Crippen LogP contribution in [0, 0.1) is 0 Å². The number of carbonyl (C=O) groups excluding carboxylic acids is 4. The normalized spacial score (nSPS) is 11.4. The molecule has 0 bridgehead atoms. The van der Waals surface area contributed by atoms with Crippen LogP contribution in [0.15, 0.2) is 0 Å². The van der Waals surface area contributed by atoms with Gasteiger partial charge in [0.1, 0.15) is 19.3 Å². The molecule has 49 heavy (non-hydrogen) atoms. The Morgan fingerprint density at radius 3 is 1.47 bits per heavy atom. The zero-order chi connectivity index (χ0) is 36.4. The summed E-state index contributed by atoms with van der Waals surface area (Å²) in [4.78, 5) is 68.9. The molecule has 1 atom stereocenters. The number of nitrogens with one attached hydrogen (secondary N) is 4. The molecular formula is C33H60N4O12. The lowest BCUT2D eigenvalue weighted by molar-refractivity contribution is -0.143. The minimum absolute atomic E-state index is 0.00927. The standard InChI is InChI=1S/C33H60N4O12/c1-2-34-29(39)16-15-27(33(44)45)37-31(41)26-49-24-22-47-20-18-36-30(40)25-48-23-21-46-19-17-35-28(38)13-11-9-7-5-3-4-6-8-10-12-14-32(42)43/h27H,2-26H2,1H3,(H,34,39)(H,35,38)(H,36,40)(H,37,41)(H,42,43)(H,44,45). The molecule has 0 aromatic heterocycles. The van der Waals surface area contributed by atoms with Crippen molar-refractivity contribution < 1.29 is 57.9 Å². The fraction of sp³-hybridized carbons (Fsp3) is 0.818. The van der Waals surface area contributed by atoms with Gasteiger partial charge in [-0.05, 0) is 26.2 Å². The molecule has 0 spiro atoms. The Morgan fingerprint density at radius 2 is 0.959 bits per heavy atom. The van der Waals surface area contributed by atoms with E-state index in [9.17, 15) is 33.9 Å². The third kappa shape index (κ3) is 33.0. The quantitative estimate of drug-likeness (QED) is 0.0517. The van der Waals surface area contributed by atoms with Crippen LogP contribution >= 0.6 is 0 Å². The van der Waals surface area contributed by atoms with Gasteiger partial charge in [0.05, 0.1) is 39.6 Å². The highest BCUT2D eigenvalue weighted by molar-refractivity contribution is 5.85. The Hall–Kier alpha value is -3.34. The van der Waals surface area contributed by atoms with Gasteiger partial charge in [-0.3, -0.25) is 24.0 Å². The molecule has 0 rings (SSSR count). The predicted octanol–water partition coefficient (Wildman–Crippen LogP) is 1.54. The van der Waals surface area contributed by atoms with Gasteiger partial charge in [-0.25, -0.2) is 4.79 Å². The first-order chi connectivity index (χ1) is 23.6. The van der Waals surface area contributed by atoms with E-state index >= 15 is 0 Å². The van der Waals surface area contributed by atoms with E-state index < -0.39 is 23.9 Å². The maximum Gasteiger partial charge on any atom is 0.326 e. The topological polar surface area (TPSA) is 228 Å². The van der Waals surface area contributed by atoms with Gasteiger partial charge in [0.15, 0.2) is 0 Å². The van der Waals surface area contributed by atoms with Gasteiger partial charge in [-0.15, -0.1) is 0 Å². The van der Waals surface area contributed by atoms with Gasteiger partial charge in [0.25, 0.3) is 0 Å². The number of unbranched alkanes of at least 4 members (excludes halogenated alkanes) is 9. The van der Waals surface area contributed by atoms with Crippen LogP contribution in [0.4, 0.5) is 0 Å². The predicted molar refractivity (Wildman–Crippen MR) is 180 cm³/mol. The fourth-order valence-electron chi connectivity index (χ4n) is 4.46. The van der Waals surface area contributed by atoms with Crippen molar-refractivity contribution in [3.63, 3.8) is 0 Å². The number of amides is 4. The van der Waals surface area contributed by atoms with Crippen molar-refractivity contribution in [1.29, 1.82) is 0 Å². The second-order valence-corrected chi connectivity index (χ2v) is 11.4. The van der Waals surface area contributed by atoms with Crippen LogP contribution in [0.2, 0.25) is 0 Å². The molecular weight excluding hydrogens is 644 g/mol. The zero-order valence-electron chi connectivity index (χ0n) is 29.2. The number of rotatable bonds is 35. The van der Waals surface area contributed by atoms with Crippen molar-refractivity contribution in [1.82, 2.24) is 21.3 Å². The molecule has 1 unspecified atom stereocenters. The molecule has 284 valence electrons. The third-order valence-corrected chi connectivity index (χ3v) is 7.06. The van der Waals surface area contributed by atoms with Crippen molar-refractivity contribution in [3.8, 4) is 0 Å². The summed E-state index contributed by atoms with van der Waals surface area (Å²) in [5, 5.41) is 28.2. The Balaban J connectivity index is 3.50. The highest BCUT2D eigenvalue weighted by Crippen LogP contribution is 2.12. The minimum atomic E-state index is -1.24. The molecule has 16 nitrogen and oxygen atoms in total. The Labute approximate surface area is 290 Å². The molecule has 0 saturated carbocycles. The van der Waals surface area contributed by atoms with Crippen molar-refractivity contribution in [2.24, 2.45) is 0 Å². The number of carbonyl (C=O) groups is 6. The molecule has 0 heterocycles. The van der Waals surface area contributed by atoms with Crippen molar-refractivity contribution in [2.45, 2.75) is 103 Å². The number of carboxylic acids is 2. The highest BCUT2D eigenvalue weighted by atomic mass is 16.5. The average Bonchev–Trinajstić information content (AvgIpc) is 3.05. The van der Waals surface area contributed by atoms with Crippen molar-refractivity contribution >= 4 is 35.6 Å². The summed E-state index contributed by atoms with van der Waals surface area (Å²) >= 11 is 0. The summed E-state index contributed by atoms with van der Waals surface area (Å²) in [6, 6.07) is -1.19. The molecule has 16 heteroatoms. The van der Waals surface area contributed by atoms with E-state index in [2.05, 4.69) is 21.3 Å². The van der Waals surface area contributed by atoms with Gasteiger partial charge < -0.3 is 50.4 Å². The SMILES string of the molecule is CCNC(=O)CCC(NC(=O)COCCOCCNC(=O)COCCOCCNC(=O)CCCCCCCCCCCCC(=O)O)C(=O)O. The van der Waals surface area contributed by atoms with Crippen molar-refractivity contribution in [3.05, 3.63) is 0 Å². The molecule has 0 saturated heterocycles. The summed E-state index contributed by atoms with van der Waals surface area (Å²) in [7, 11) is 0. The number of hydrogen-bond acceptors (Lipinski definition) is 10. The number of hydrogen-bond donors (Lipinski definition) is 6. The van der Waals surface area contributed by atoms with E-state index in [0.717, 1.165) is 51.4 Å². The molecule has 0 radical (unpaired) electrons. The molecule has 0 aliphatic rings. The zero-order valence-corrected chi connectivity index (χ0v) is 29.2. The Morgan fingerprint density at radius 1 is 0.510 bits per heavy atom. The number of aliphatic carboxylic acids is 2. The molecule has 4 amide bonds. The number of carboxylic acid groups (broad SMARTS) is 2. The van der Waals surface area contributed by atoms with E-state index in [4.69, 9.17) is 24.1 Å². The smallest absolute Gasteiger partial charge is 0.326 e. The van der Waals surface area contributed by atoms with E-state index in [-0.39, 0.29) is 83.2 Å². The van der Waals surface area contributed by atoms with Gasteiger partial charge in [-0.1, -0.05) is 51.4 Å². The maximum absolute atomic E-state index is 11.9. The van der Waals surface area contributed by atoms with Crippen molar-refractivity contribution in [2.75, 3.05) is 72.5 Å². The summed E-state index contributed by atoms with van der Waals surface area (Å²) in [5.74, 6) is -3.16. The third-order valence-electron chi connectivity index (χ3n) is 7.06. The lowest BCUT2D eigenvalue weighted by Crippen LogP contribution is -2.43. The van der Waals surface area contributed by atoms with Gasteiger partial charge in [0.2, 0.25) is 23.6 Å². The number of ether oxygens (including phenoxy) is 4. The van der Waals surface area contributed by atoms with Crippen LogP contribution in [-0.4, -0.2) is 124 Å². The first-order valence-corrected chi connectivity index (χ1v) is 17.5. The lowest BCUT2D eigenvalue weighted by Gasteiger charge is -2.14. The van der Waals surface area contributed by atoms with Gasteiger partial charge in [-0.2, -0.15) is 0 Å². The van der Waals surface area contributed by atoms with Gasteiger partial charge >= 0.3 is 11.9 Å². The first-order valence-electron chi connectivity index (χ1n) is 17.5. The second kappa shape index (κ2) is 33.2. The average molecular weight is 705 g/mol. The van der Waals surface area contributed by atoms with Crippen LogP contribution in [0.5, 0.6) is 0 Å². The monoisotopic (exact) mass is 704 g/mol. The van der Waals surface area contributed by atoms with Crippen LogP contribution < -0.4 is 21.3 Å². The van der Waals surface area contributed by atoms with Crippen LogP contribution in [-0.2, 0) is 47.7 Å². The summed E-state index contributed by atoms with van der Waals surface area (Å²) < 4.78 is 21.2. The van der Waals surface area contributed by atoms with Crippen LogP contribution in [0.1, 0.15) is 96.8 Å². The second-order valence-electron chi connectivity index (χ2n) is 11.4. The van der Waals surface area contributed by atoms with Crippen LogP contribution in [0.3, 0.4) is 0 Å². The Bertz CT molecular complexity index is 922. The molecule has 6 N–H and O–H groups in total. The van der Waals surface area contributed by atoms with Gasteiger partial charge in [0, 0.05) is 38.9 Å². The lowest BCUT2D eigenvalue weighted by atomic mass is 10.1. The largest absolute Gasteiger partial charge is 0.481 e. The van der Waals surface area contributed by atoms with Crippen LogP contribution in [0.25, 0.3) is 0 Å². The summed E-state index contributed by atoms with van der Waals surface area (Å²) in [6.45, 7) is 3.72. The highest BCUT2D eigenvalue weighted by Gasteiger charge is 2.21. The molecule has 0 aromatic carbocycles. The maximum atomic E-state index is 11.9. The summed E-state index contributed by atoms with van der Waals surface area (Å²) in [5.41, 5.74) is 0.